The van der Waals surface area contributed by atoms with Gasteiger partial charge in [0.25, 0.3) is 0 Å². The lowest BCUT2D eigenvalue weighted by Gasteiger charge is -2.18. The average molecular weight is 304 g/mol. The van der Waals surface area contributed by atoms with Crippen LogP contribution in [0.5, 0.6) is 0 Å². The van der Waals surface area contributed by atoms with Crippen LogP contribution < -0.4 is 5.32 Å². The monoisotopic (exact) mass is 304 g/mol. The molecule has 0 spiro atoms. The van der Waals surface area contributed by atoms with E-state index in [0.717, 1.165) is 17.9 Å². The Morgan fingerprint density at radius 2 is 2.21 bits per heavy atom. The fourth-order valence-electron chi connectivity index (χ4n) is 2.14. The Hall–Kier alpha value is -0.500. The summed E-state index contributed by atoms with van der Waals surface area (Å²) in [6, 6.07) is 1.64. The predicted molar refractivity (Wildman–Crippen MR) is 76.9 cm³/mol. The average Bonchev–Trinajstić information content (AvgIpc) is 2.60. The van der Waals surface area contributed by atoms with Crippen molar-refractivity contribution in [3.63, 3.8) is 0 Å². The third kappa shape index (κ3) is 3.34. The Morgan fingerprint density at radius 1 is 1.42 bits per heavy atom. The molecule has 0 bridgehead atoms. The molecule has 5 nitrogen and oxygen atoms in total. The molecule has 108 valence electrons. The van der Waals surface area contributed by atoms with E-state index in [0.29, 0.717) is 36.1 Å². The molecule has 1 fully saturated rings. The van der Waals surface area contributed by atoms with E-state index in [4.69, 9.17) is 4.42 Å². The first-order valence-corrected chi connectivity index (χ1v) is 8.97. The van der Waals surface area contributed by atoms with Crippen LogP contribution in [0.4, 0.5) is 0 Å². The summed E-state index contributed by atoms with van der Waals surface area (Å²) in [5.74, 6) is 3.02. The highest BCUT2D eigenvalue weighted by atomic mass is 32.2. The molecule has 0 saturated carbocycles. The number of hydrogen-bond donors (Lipinski definition) is 1. The molecular weight excluding hydrogens is 284 g/mol. The zero-order valence-electron chi connectivity index (χ0n) is 11.3. The van der Waals surface area contributed by atoms with Crippen LogP contribution in [0.25, 0.3) is 0 Å². The summed E-state index contributed by atoms with van der Waals surface area (Å²) in [6.45, 7) is 3.42. The minimum absolute atomic E-state index is 0.310. The van der Waals surface area contributed by atoms with Crippen LogP contribution in [-0.2, 0) is 16.6 Å². The number of aryl methyl sites for hydroxylation is 1. The first kappa shape index (κ1) is 14.9. The molecule has 2 rings (SSSR count). The normalized spacial score (nSPS) is 18.4. The van der Waals surface area contributed by atoms with E-state index in [1.165, 1.54) is 0 Å². The van der Waals surface area contributed by atoms with Gasteiger partial charge in [0, 0.05) is 24.9 Å². The molecule has 1 aromatic heterocycles. The second-order valence-electron chi connectivity index (χ2n) is 4.53. The van der Waals surface area contributed by atoms with Gasteiger partial charge in [0.2, 0.25) is 10.0 Å². The molecule has 1 aromatic rings. The van der Waals surface area contributed by atoms with E-state index in [1.807, 2.05) is 11.8 Å². The number of nitrogens with one attached hydrogen (secondary N) is 1. The largest absolute Gasteiger partial charge is 0.464 e. The van der Waals surface area contributed by atoms with E-state index in [-0.39, 0.29) is 0 Å². The molecule has 7 heteroatoms. The second kappa shape index (κ2) is 6.30. The summed E-state index contributed by atoms with van der Waals surface area (Å²) in [7, 11) is -1.61. The highest BCUT2D eigenvalue weighted by molar-refractivity contribution is 7.99. The fraction of sp³-hybridized carbons (Fsp3) is 0.667. The summed E-state index contributed by atoms with van der Waals surface area (Å²) in [5, 5.41) is 2.96. The predicted octanol–water partition coefficient (Wildman–Crippen LogP) is 1.44. The summed E-state index contributed by atoms with van der Waals surface area (Å²) >= 11 is 1.81. The number of hydrogen-bond acceptors (Lipinski definition) is 5. The van der Waals surface area contributed by atoms with Gasteiger partial charge in [0.15, 0.2) is 0 Å². The van der Waals surface area contributed by atoms with Gasteiger partial charge in [-0.15, -0.1) is 0 Å². The van der Waals surface area contributed by atoms with Gasteiger partial charge in [-0.05, 0) is 26.1 Å². The van der Waals surface area contributed by atoms with Gasteiger partial charge < -0.3 is 9.73 Å². The molecule has 0 amide bonds. The summed E-state index contributed by atoms with van der Waals surface area (Å²) in [4.78, 5) is 0.310. The maximum absolute atomic E-state index is 12.6. The minimum atomic E-state index is -3.42. The molecular formula is C12H20N2O3S2. The number of thioether (sulfide) groups is 1. The van der Waals surface area contributed by atoms with Gasteiger partial charge in [0.1, 0.15) is 16.4 Å². The van der Waals surface area contributed by atoms with Crippen molar-refractivity contribution in [2.45, 2.75) is 24.8 Å². The third-order valence-corrected chi connectivity index (χ3v) is 6.13. The lowest BCUT2D eigenvalue weighted by Crippen LogP contribution is -2.33. The van der Waals surface area contributed by atoms with E-state index < -0.39 is 10.0 Å². The highest BCUT2D eigenvalue weighted by Crippen LogP contribution is 2.25. The summed E-state index contributed by atoms with van der Waals surface area (Å²) < 4.78 is 32.3. The molecule has 1 aliphatic heterocycles. The van der Waals surface area contributed by atoms with Crippen molar-refractivity contribution in [1.82, 2.24) is 9.62 Å². The lowest BCUT2D eigenvalue weighted by molar-refractivity contribution is 0.430. The zero-order chi connectivity index (χ0) is 13.9. The van der Waals surface area contributed by atoms with Crippen LogP contribution in [0.3, 0.4) is 0 Å². The van der Waals surface area contributed by atoms with Gasteiger partial charge >= 0.3 is 0 Å². The van der Waals surface area contributed by atoms with Crippen molar-refractivity contribution >= 4 is 21.8 Å². The fourth-order valence-corrected chi connectivity index (χ4v) is 4.81. The van der Waals surface area contributed by atoms with E-state index >= 15 is 0 Å². The molecule has 0 aliphatic carbocycles. The van der Waals surface area contributed by atoms with Crippen molar-refractivity contribution in [3.8, 4) is 0 Å². The zero-order valence-corrected chi connectivity index (χ0v) is 12.9. The van der Waals surface area contributed by atoms with Crippen molar-refractivity contribution in [2.24, 2.45) is 0 Å². The van der Waals surface area contributed by atoms with Crippen molar-refractivity contribution in [3.05, 3.63) is 17.6 Å². The SMILES string of the molecule is CNCc1cc(S(=O)(=O)N2CCCSCC2)c(C)o1. The summed E-state index contributed by atoms with van der Waals surface area (Å²) in [5.41, 5.74) is 0. The lowest BCUT2D eigenvalue weighted by atomic mass is 10.4. The van der Waals surface area contributed by atoms with Crippen LogP contribution >= 0.6 is 11.8 Å². The molecule has 2 heterocycles. The first-order chi connectivity index (χ1) is 9.05. The Balaban J connectivity index is 2.27. The standard InChI is InChI=1S/C12H20N2O3S2/c1-10-12(8-11(17-10)9-13-2)19(15,16)14-4-3-6-18-7-5-14/h8,13H,3-7,9H2,1-2H3. The van der Waals surface area contributed by atoms with E-state index in [2.05, 4.69) is 5.32 Å². The molecule has 1 saturated heterocycles. The van der Waals surface area contributed by atoms with Crippen LogP contribution in [0.2, 0.25) is 0 Å². The van der Waals surface area contributed by atoms with Gasteiger partial charge in [-0.25, -0.2) is 8.42 Å². The number of furan rings is 1. The Kier molecular flexibility index (Phi) is 4.94. The smallest absolute Gasteiger partial charge is 0.246 e. The van der Waals surface area contributed by atoms with E-state index in [9.17, 15) is 8.42 Å². The number of nitrogens with zero attached hydrogens (tertiary/aromatic N) is 1. The quantitative estimate of drug-likeness (QED) is 0.912. The van der Waals surface area contributed by atoms with Crippen molar-refractivity contribution in [1.29, 1.82) is 0 Å². The molecule has 0 aromatic carbocycles. The number of sulfonamides is 1. The Bertz CT molecular complexity index is 517. The Morgan fingerprint density at radius 3 is 2.95 bits per heavy atom. The number of rotatable bonds is 4. The molecule has 19 heavy (non-hydrogen) atoms. The topological polar surface area (TPSA) is 62.6 Å². The van der Waals surface area contributed by atoms with Gasteiger partial charge in [-0.3, -0.25) is 0 Å². The maximum Gasteiger partial charge on any atom is 0.246 e. The van der Waals surface area contributed by atoms with Crippen LogP contribution in [-0.4, -0.2) is 44.4 Å². The van der Waals surface area contributed by atoms with E-state index in [1.54, 1.807) is 24.3 Å². The van der Waals surface area contributed by atoms with Crippen molar-refractivity contribution in [2.75, 3.05) is 31.6 Å². The van der Waals surface area contributed by atoms with Crippen molar-refractivity contribution < 1.29 is 12.8 Å². The summed E-state index contributed by atoms with van der Waals surface area (Å²) in [6.07, 6.45) is 0.907. The maximum atomic E-state index is 12.6. The molecule has 0 radical (unpaired) electrons. The van der Waals surface area contributed by atoms with Crippen LogP contribution in [0.1, 0.15) is 17.9 Å². The van der Waals surface area contributed by atoms with Gasteiger partial charge in [-0.2, -0.15) is 16.1 Å². The molecule has 0 unspecified atom stereocenters. The second-order valence-corrected chi connectivity index (χ2v) is 7.66. The first-order valence-electron chi connectivity index (χ1n) is 6.37. The molecule has 1 N–H and O–H groups in total. The molecule has 0 atom stereocenters. The van der Waals surface area contributed by atoms with Crippen LogP contribution in [0.15, 0.2) is 15.4 Å². The highest BCUT2D eigenvalue weighted by Gasteiger charge is 2.29. The third-order valence-electron chi connectivity index (χ3n) is 3.07. The molecule has 1 aliphatic rings. The van der Waals surface area contributed by atoms with Gasteiger partial charge in [0.05, 0.1) is 6.54 Å². The minimum Gasteiger partial charge on any atom is -0.464 e. The Labute approximate surface area is 118 Å². The van der Waals surface area contributed by atoms with Crippen LogP contribution in [0, 0.1) is 6.92 Å². The van der Waals surface area contributed by atoms with Gasteiger partial charge in [-0.1, -0.05) is 0 Å².